The van der Waals surface area contributed by atoms with Crippen LogP contribution in [-0.4, -0.2) is 34.2 Å². The van der Waals surface area contributed by atoms with Gasteiger partial charge in [0.15, 0.2) is 0 Å². The molecule has 0 aliphatic rings. The zero-order valence-electron chi connectivity index (χ0n) is 22.0. The number of hydrogen-bond acceptors (Lipinski definition) is 1. The van der Waals surface area contributed by atoms with Crippen molar-refractivity contribution in [1.82, 2.24) is 0 Å². The normalized spacial score (nSPS) is 10.9. The number of hydrogen-bond donors (Lipinski definition) is 1. The third-order valence-electron chi connectivity index (χ3n) is 4.43. The molecule has 28 heavy (non-hydrogen) atoms. The summed E-state index contributed by atoms with van der Waals surface area (Å²) in [6, 6.07) is 4.18. The van der Waals surface area contributed by atoms with Crippen molar-refractivity contribution in [3.8, 4) is 5.75 Å². The molecule has 0 aromatic heterocycles. The summed E-state index contributed by atoms with van der Waals surface area (Å²) in [5.41, 5.74) is 3.26. The molecule has 2 nitrogen and oxygen atoms in total. The number of aryl methyl sites for hydroxylation is 1. The fourth-order valence-electron chi connectivity index (χ4n) is 2.86. The second kappa shape index (κ2) is 15.4. The Morgan fingerprint density at radius 1 is 0.857 bits per heavy atom. The summed E-state index contributed by atoms with van der Waals surface area (Å²) in [5.74, 6) is 2.37. The Balaban J connectivity index is -0.000000130. The van der Waals surface area contributed by atoms with E-state index in [2.05, 4.69) is 88.3 Å². The molecule has 3 radical (unpaired) electrons. The van der Waals surface area contributed by atoms with Crippen LogP contribution in [0.5, 0.6) is 5.75 Å². The zero-order chi connectivity index (χ0) is 20.0. The smallest absolute Gasteiger partial charge is 1.00 e. The molecule has 0 heterocycles. The third-order valence-corrected chi connectivity index (χ3v) is 7.56. The molecule has 1 rings (SSSR count). The van der Waals surface area contributed by atoms with Crippen molar-refractivity contribution in [1.29, 1.82) is 0 Å². The molecule has 0 unspecified atom stereocenters. The van der Waals surface area contributed by atoms with Crippen LogP contribution < -0.4 is 29.6 Å². The monoisotopic (exact) mass is 415 g/mol. The summed E-state index contributed by atoms with van der Waals surface area (Å²) in [5, 5.41) is 13.5. The van der Waals surface area contributed by atoms with Crippen molar-refractivity contribution in [2.24, 2.45) is 11.8 Å². The fourth-order valence-corrected chi connectivity index (χ4v) is 4.73. The average molecular weight is 415 g/mol. The van der Waals surface area contributed by atoms with Crippen LogP contribution in [0.2, 0.25) is 10.6 Å². The predicted octanol–water partition coefficient (Wildman–Crippen LogP) is 2.78. The molecule has 3 N–H and O–H groups in total. The molecule has 1 aromatic carbocycles. The van der Waals surface area contributed by atoms with Crippen molar-refractivity contribution in [2.75, 3.05) is 0 Å². The van der Waals surface area contributed by atoms with Crippen molar-refractivity contribution in [2.45, 2.75) is 97.6 Å². The summed E-state index contributed by atoms with van der Waals surface area (Å²) in [7, 11) is 0. The van der Waals surface area contributed by atoms with E-state index >= 15 is 0 Å². The van der Waals surface area contributed by atoms with Gasteiger partial charge in [0.2, 0.25) is 15.2 Å². The van der Waals surface area contributed by atoms with Gasteiger partial charge in [-0.05, 0) is 28.9 Å². The van der Waals surface area contributed by atoms with Gasteiger partial charge in [-0.15, -0.1) is 0 Å². The second-order valence-electron chi connectivity index (χ2n) is 10.4. The van der Waals surface area contributed by atoms with Crippen molar-refractivity contribution >= 4 is 23.6 Å². The first-order valence-corrected chi connectivity index (χ1v) is 12.0. The van der Waals surface area contributed by atoms with Crippen LogP contribution in [0.3, 0.4) is 0 Å². The minimum absolute atomic E-state index is 0. The van der Waals surface area contributed by atoms with Crippen LogP contribution in [0.25, 0.3) is 0 Å². The van der Waals surface area contributed by atoms with Crippen LogP contribution >= 0.6 is 0 Å². The number of phenolic OH excluding ortho intramolecular Hbond substituents is 1. The summed E-state index contributed by atoms with van der Waals surface area (Å²) in [4.78, 5) is 0. The molecule has 0 saturated carbocycles. The van der Waals surface area contributed by atoms with Gasteiger partial charge in [0, 0.05) is 8.41 Å². The molecule has 0 spiro atoms. The van der Waals surface area contributed by atoms with E-state index in [1.807, 2.05) is 0 Å². The van der Waals surface area contributed by atoms with Crippen molar-refractivity contribution in [3.63, 3.8) is 0 Å². The molecule has 0 amide bonds. The van der Waals surface area contributed by atoms with Gasteiger partial charge in [-0.1, -0.05) is 109 Å². The topological polar surface area (TPSA) is 51.7 Å². The first-order chi connectivity index (χ1) is 11.2. The van der Waals surface area contributed by atoms with Crippen LogP contribution in [-0.2, 0) is 10.8 Å². The quantitative estimate of drug-likeness (QED) is 0.756. The number of aromatic hydroxyl groups is 1. The minimum atomic E-state index is -0.0178. The molecule has 0 aliphatic carbocycles. The van der Waals surface area contributed by atoms with Gasteiger partial charge in [-0.25, -0.2) is 0 Å². The van der Waals surface area contributed by atoms with Crippen LogP contribution in [0.1, 0.15) is 87.4 Å². The molecular weight excluding hydrogens is 369 g/mol. The van der Waals surface area contributed by atoms with E-state index in [1.54, 1.807) is 0 Å². The molecule has 0 fully saturated rings. The van der Waals surface area contributed by atoms with E-state index < -0.39 is 0 Å². The first kappa shape index (κ1) is 36.0. The van der Waals surface area contributed by atoms with E-state index in [-0.39, 0.29) is 55.7 Å². The Morgan fingerprint density at radius 2 is 1.14 bits per heavy atom. The Morgan fingerprint density at radius 3 is 1.36 bits per heavy atom. The van der Waals surface area contributed by atoms with Gasteiger partial charge in [0.25, 0.3) is 0 Å². The molecular formula is C23H46AlBNaO2. The number of phenols is 1. The maximum absolute atomic E-state index is 10.4. The van der Waals surface area contributed by atoms with Gasteiger partial charge in [-0.2, -0.15) is 0 Å². The average Bonchev–Trinajstić information content (AvgIpc) is 2.38. The van der Waals surface area contributed by atoms with Crippen LogP contribution in [0.15, 0.2) is 12.1 Å². The van der Waals surface area contributed by atoms with E-state index in [9.17, 15) is 5.11 Å². The summed E-state index contributed by atoms with van der Waals surface area (Å²) >= 11 is 0.316. The van der Waals surface area contributed by atoms with Crippen molar-refractivity contribution < 1.29 is 41.6 Å². The summed E-state index contributed by atoms with van der Waals surface area (Å²) in [6.45, 7) is 24.2. The van der Waals surface area contributed by atoms with E-state index in [0.717, 1.165) is 23.0 Å². The van der Waals surface area contributed by atoms with E-state index in [0.29, 0.717) is 21.0 Å². The minimum Gasteiger partial charge on any atom is -1.00 e. The summed E-state index contributed by atoms with van der Waals surface area (Å²) in [6.07, 6.45) is 0. The SMILES string of the molecule is CC(C)[CH2][AlH][CH2]C(C)C.Cc1cc(C(C)(C)C)c(O)c(C(C)(C)C)c1.O.[B].[H-].[Na+]. The van der Waals surface area contributed by atoms with Crippen LogP contribution in [0, 0.1) is 18.8 Å². The Hall–Kier alpha value is 0.577. The fraction of sp³-hybridized carbons (Fsp3) is 0.739. The van der Waals surface area contributed by atoms with E-state index in [1.165, 1.54) is 16.1 Å². The Kier molecular flexibility index (Phi) is 19.8. The molecule has 5 heteroatoms. The third kappa shape index (κ3) is 14.5. The maximum atomic E-state index is 10.4. The standard InChI is InChI=1S/C15H24O.2C4H9.Al.B.Na.H2O.2H/c1-10-8-11(14(2,3)4)13(16)12(9-10)15(5,6)7;2*1-4(2)3;;;;;;/h8-9,16H,1-7H3;2*4H,1H2,2-3H3;;;;1H2;;/q;;;;;+1;;;-1. The largest absolute Gasteiger partial charge is 1.00 e. The summed E-state index contributed by atoms with van der Waals surface area (Å²) < 4.78 is 0. The Bertz CT molecular complexity index is 496. The molecule has 157 valence electrons. The number of benzene rings is 1. The van der Waals surface area contributed by atoms with E-state index in [4.69, 9.17) is 0 Å². The molecule has 1 aromatic rings. The predicted molar refractivity (Wildman–Crippen MR) is 127 cm³/mol. The number of rotatable bonds is 4. The maximum Gasteiger partial charge on any atom is 1.00 e. The van der Waals surface area contributed by atoms with Gasteiger partial charge in [0.05, 0.1) is 0 Å². The van der Waals surface area contributed by atoms with Crippen LogP contribution in [0.4, 0.5) is 0 Å². The first-order valence-electron chi connectivity index (χ1n) is 10.0. The molecule has 0 saturated heterocycles. The Labute approximate surface area is 208 Å². The zero-order valence-corrected chi connectivity index (χ0v) is 24.4. The molecule has 0 aliphatic heterocycles. The van der Waals surface area contributed by atoms with Crippen molar-refractivity contribution in [3.05, 3.63) is 28.8 Å². The van der Waals surface area contributed by atoms with Gasteiger partial charge < -0.3 is 12.0 Å². The van der Waals surface area contributed by atoms with Gasteiger partial charge in [-0.3, -0.25) is 0 Å². The second-order valence-corrected chi connectivity index (χ2v) is 12.3. The molecule has 0 atom stereocenters. The van der Waals surface area contributed by atoms with Gasteiger partial charge >= 0.3 is 29.6 Å². The van der Waals surface area contributed by atoms with Gasteiger partial charge in [0.1, 0.15) is 5.75 Å². The molecule has 0 bridgehead atoms.